The van der Waals surface area contributed by atoms with Gasteiger partial charge in [-0.3, -0.25) is 10.1 Å². The summed E-state index contributed by atoms with van der Waals surface area (Å²) in [6.07, 6.45) is 3.64. The number of anilines is 2. The average molecular weight is 267 g/mol. The molecule has 2 atom stereocenters. The number of nitrogens with one attached hydrogen (secondary N) is 2. The highest BCUT2D eigenvalue weighted by atomic mass is 16.6. The Morgan fingerprint density at radius 3 is 2.79 bits per heavy atom. The van der Waals surface area contributed by atoms with Crippen LogP contribution in [0.4, 0.5) is 17.3 Å². The standard InChI is InChI=1S/C11H17N5O3/c1-12-10-9(16(18)19)11(15-6-14-10)13-5-7-3-2-4-8(7)17/h6-8,17H,2-5H2,1H3,(H2,12,13,14,15). The lowest BCUT2D eigenvalue weighted by Crippen LogP contribution is -2.22. The molecule has 1 heterocycles. The largest absolute Gasteiger partial charge is 0.393 e. The van der Waals surface area contributed by atoms with Crippen molar-refractivity contribution in [2.75, 3.05) is 24.2 Å². The quantitative estimate of drug-likeness (QED) is 0.538. The number of rotatable bonds is 5. The monoisotopic (exact) mass is 267 g/mol. The van der Waals surface area contributed by atoms with E-state index in [-0.39, 0.29) is 29.3 Å². The maximum atomic E-state index is 11.1. The van der Waals surface area contributed by atoms with Crippen LogP contribution in [-0.2, 0) is 0 Å². The molecule has 0 radical (unpaired) electrons. The van der Waals surface area contributed by atoms with E-state index in [0.717, 1.165) is 19.3 Å². The SMILES string of the molecule is CNc1ncnc(NCC2CCCC2O)c1[N+](=O)[O-]. The van der Waals surface area contributed by atoms with E-state index in [1.807, 2.05) is 0 Å². The molecule has 0 aliphatic heterocycles. The van der Waals surface area contributed by atoms with Crippen LogP contribution in [0.1, 0.15) is 19.3 Å². The third-order valence-electron chi connectivity index (χ3n) is 3.39. The Hall–Kier alpha value is -1.96. The first-order chi connectivity index (χ1) is 9.13. The van der Waals surface area contributed by atoms with Gasteiger partial charge in [0.15, 0.2) is 0 Å². The van der Waals surface area contributed by atoms with E-state index < -0.39 is 4.92 Å². The van der Waals surface area contributed by atoms with Crippen LogP contribution < -0.4 is 10.6 Å². The van der Waals surface area contributed by atoms with Gasteiger partial charge in [0.2, 0.25) is 11.6 Å². The van der Waals surface area contributed by atoms with Crippen molar-refractivity contribution in [1.29, 1.82) is 0 Å². The molecule has 0 bridgehead atoms. The summed E-state index contributed by atoms with van der Waals surface area (Å²) >= 11 is 0. The van der Waals surface area contributed by atoms with Gasteiger partial charge in [-0.15, -0.1) is 0 Å². The van der Waals surface area contributed by atoms with Crippen molar-refractivity contribution >= 4 is 17.3 Å². The Morgan fingerprint density at radius 2 is 2.21 bits per heavy atom. The van der Waals surface area contributed by atoms with E-state index in [4.69, 9.17) is 0 Å². The van der Waals surface area contributed by atoms with Crippen molar-refractivity contribution in [3.05, 3.63) is 16.4 Å². The lowest BCUT2D eigenvalue weighted by atomic mass is 10.1. The molecule has 1 saturated carbocycles. The van der Waals surface area contributed by atoms with Crippen molar-refractivity contribution in [2.45, 2.75) is 25.4 Å². The van der Waals surface area contributed by atoms with Gasteiger partial charge in [0, 0.05) is 19.5 Å². The molecule has 0 saturated heterocycles. The number of aliphatic hydroxyl groups excluding tert-OH is 1. The molecule has 1 aliphatic carbocycles. The number of hydrogen-bond acceptors (Lipinski definition) is 7. The van der Waals surface area contributed by atoms with Crippen LogP contribution in [0.25, 0.3) is 0 Å². The van der Waals surface area contributed by atoms with Gasteiger partial charge >= 0.3 is 5.69 Å². The Morgan fingerprint density at radius 1 is 1.47 bits per heavy atom. The second-order valence-electron chi connectivity index (χ2n) is 4.57. The van der Waals surface area contributed by atoms with Crippen molar-refractivity contribution in [3.63, 3.8) is 0 Å². The maximum Gasteiger partial charge on any atom is 0.353 e. The molecule has 3 N–H and O–H groups in total. The first kappa shape index (κ1) is 13.5. The molecule has 1 aromatic rings. The topological polar surface area (TPSA) is 113 Å². The van der Waals surface area contributed by atoms with Gasteiger partial charge in [-0.2, -0.15) is 0 Å². The fourth-order valence-electron chi connectivity index (χ4n) is 2.35. The molecular formula is C11H17N5O3. The summed E-state index contributed by atoms with van der Waals surface area (Å²) in [5, 5.41) is 26.4. The Bertz CT molecular complexity index is 468. The summed E-state index contributed by atoms with van der Waals surface area (Å²) in [6.45, 7) is 0.474. The Kier molecular flexibility index (Phi) is 4.10. The van der Waals surface area contributed by atoms with Crippen LogP contribution in [0.15, 0.2) is 6.33 Å². The molecule has 1 aromatic heterocycles. The lowest BCUT2D eigenvalue weighted by Gasteiger charge is -2.15. The van der Waals surface area contributed by atoms with Gasteiger partial charge in [0.25, 0.3) is 0 Å². The zero-order valence-corrected chi connectivity index (χ0v) is 10.7. The first-order valence-electron chi connectivity index (χ1n) is 6.22. The zero-order chi connectivity index (χ0) is 13.8. The van der Waals surface area contributed by atoms with Gasteiger partial charge in [-0.1, -0.05) is 6.42 Å². The molecule has 0 spiro atoms. The Balaban J connectivity index is 2.13. The van der Waals surface area contributed by atoms with Gasteiger partial charge in [0.1, 0.15) is 6.33 Å². The highest BCUT2D eigenvalue weighted by molar-refractivity contribution is 5.68. The van der Waals surface area contributed by atoms with E-state index in [9.17, 15) is 15.2 Å². The molecule has 1 fully saturated rings. The minimum atomic E-state index is -0.515. The van der Waals surface area contributed by atoms with Crippen LogP contribution in [0.2, 0.25) is 0 Å². The summed E-state index contributed by atoms with van der Waals surface area (Å²) in [5.41, 5.74) is -0.169. The van der Waals surface area contributed by atoms with Crippen LogP contribution in [0.3, 0.4) is 0 Å². The number of nitro groups is 1. The van der Waals surface area contributed by atoms with Crippen LogP contribution in [0, 0.1) is 16.0 Å². The van der Waals surface area contributed by atoms with E-state index in [1.54, 1.807) is 7.05 Å². The molecule has 0 aromatic carbocycles. The van der Waals surface area contributed by atoms with Gasteiger partial charge in [-0.05, 0) is 12.8 Å². The second-order valence-corrected chi connectivity index (χ2v) is 4.57. The minimum absolute atomic E-state index is 0.118. The average Bonchev–Trinajstić information content (AvgIpc) is 2.81. The Labute approximate surface area is 110 Å². The molecule has 104 valence electrons. The van der Waals surface area contributed by atoms with Crippen LogP contribution in [0.5, 0.6) is 0 Å². The maximum absolute atomic E-state index is 11.1. The minimum Gasteiger partial charge on any atom is -0.393 e. The summed E-state index contributed by atoms with van der Waals surface area (Å²) < 4.78 is 0. The third kappa shape index (κ3) is 2.90. The van der Waals surface area contributed by atoms with E-state index in [2.05, 4.69) is 20.6 Å². The number of hydrogen-bond donors (Lipinski definition) is 3. The van der Waals surface area contributed by atoms with Crippen LogP contribution in [-0.4, -0.2) is 39.7 Å². The van der Waals surface area contributed by atoms with Gasteiger partial charge in [-0.25, -0.2) is 9.97 Å². The van der Waals surface area contributed by atoms with Crippen molar-refractivity contribution in [2.24, 2.45) is 5.92 Å². The predicted octanol–water partition coefficient (Wildman–Crippen LogP) is 0.999. The van der Waals surface area contributed by atoms with E-state index in [0.29, 0.717) is 6.54 Å². The summed E-state index contributed by atoms with van der Waals surface area (Å²) in [6, 6.07) is 0. The zero-order valence-electron chi connectivity index (χ0n) is 10.7. The molecule has 0 amide bonds. The molecule has 1 aliphatic rings. The summed E-state index contributed by atoms with van der Waals surface area (Å²) in [5.74, 6) is 0.477. The molecular weight excluding hydrogens is 250 g/mol. The molecule has 8 heteroatoms. The molecule has 2 unspecified atom stereocenters. The normalized spacial score (nSPS) is 22.2. The molecule has 2 rings (SSSR count). The van der Waals surface area contributed by atoms with Crippen molar-refractivity contribution in [1.82, 2.24) is 9.97 Å². The van der Waals surface area contributed by atoms with Crippen molar-refractivity contribution in [3.8, 4) is 0 Å². The van der Waals surface area contributed by atoms with E-state index >= 15 is 0 Å². The fourth-order valence-corrected chi connectivity index (χ4v) is 2.35. The predicted molar refractivity (Wildman–Crippen MR) is 70.1 cm³/mol. The van der Waals surface area contributed by atoms with Crippen molar-refractivity contribution < 1.29 is 10.0 Å². The fraction of sp³-hybridized carbons (Fsp3) is 0.636. The van der Waals surface area contributed by atoms with Crippen LogP contribution >= 0.6 is 0 Å². The smallest absolute Gasteiger partial charge is 0.353 e. The van der Waals surface area contributed by atoms with Gasteiger partial charge in [0.05, 0.1) is 11.0 Å². The summed E-state index contributed by atoms with van der Waals surface area (Å²) in [7, 11) is 1.57. The third-order valence-corrected chi connectivity index (χ3v) is 3.39. The van der Waals surface area contributed by atoms with Gasteiger partial charge < -0.3 is 15.7 Å². The highest BCUT2D eigenvalue weighted by Crippen LogP contribution is 2.30. The summed E-state index contributed by atoms with van der Waals surface area (Å²) in [4.78, 5) is 18.3. The molecule has 19 heavy (non-hydrogen) atoms. The number of aliphatic hydroxyl groups is 1. The number of nitrogens with zero attached hydrogens (tertiary/aromatic N) is 3. The first-order valence-corrected chi connectivity index (χ1v) is 6.22. The number of aromatic nitrogens is 2. The lowest BCUT2D eigenvalue weighted by molar-refractivity contribution is -0.383. The second kappa shape index (κ2) is 5.79. The molecule has 8 nitrogen and oxygen atoms in total. The highest BCUT2D eigenvalue weighted by Gasteiger charge is 2.27. The van der Waals surface area contributed by atoms with E-state index in [1.165, 1.54) is 6.33 Å².